The minimum Gasteiger partial charge on any atom is -0.464 e. The second-order valence-electron chi connectivity index (χ2n) is 4.10. The third-order valence-electron chi connectivity index (χ3n) is 1.51. The lowest BCUT2D eigenvalue weighted by Gasteiger charge is -2.23. The van der Waals surface area contributed by atoms with Crippen molar-refractivity contribution in [1.29, 1.82) is 0 Å². The summed E-state index contributed by atoms with van der Waals surface area (Å²) in [6.45, 7) is 10.0. The van der Waals surface area contributed by atoms with Crippen LogP contribution in [0.5, 0.6) is 0 Å². The number of carbonyl (C=O) groups is 1. The summed E-state index contributed by atoms with van der Waals surface area (Å²) >= 11 is 0. The van der Waals surface area contributed by atoms with E-state index in [1.807, 2.05) is 19.6 Å². The number of hydrogen-bond donors (Lipinski definition) is 0. The second kappa shape index (κ2) is 6.65. The van der Waals surface area contributed by atoms with Crippen molar-refractivity contribution >= 4 is 14.3 Å². The highest BCUT2D eigenvalue weighted by molar-refractivity contribution is 6.69. The van der Waals surface area contributed by atoms with Crippen LogP contribution >= 0.6 is 0 Å². The Hall–Kier alpha value is -0.793. The summed E-state index contributed by atoms with van der Waals surface area (Å²) in [5.41, 5.74) is 0. The van der Waals surface area contributed by atoms with Crippen molar-refractivity contribution < 1.29 is 14.0 Å². The first-order valence-corrected chi connectivity index (χ1v) is 8.55. The van der Waals surface area contributed by atoms with Gasteiger partial charge in [0.25, 0.3) is 0 Å². The van der Waals surface area contributed by atoms with Crippen molar-refractivity contribution in [3.05, 3.63) is 0 Å². The lowest BCUT2D eigenvalue weighted by Crippen LogP contribution is -2.37. The maximum absolute atomic E-state index is 11.5. The predicted molar refractivity (Wildman–Crippen MR) is 62.9 cm³/mol. The Morgan fingerprint density at radius 2 is 2.00 bits per heavy atom. The topological polar surface area (TPSA) is 35.5 Å². The van der Waals surface area contributed by atoms with Gasteiger partial charge in [0.05, 0.1) is 6.61 Å². The van der Waals surface area contributed by atoms with Crippen molar-refractivity contribution in [3.8, 4) is 11.8 Å². The van der Waals surface area contributed by atoms with E-state index in [1.54, 1.807) is 13.8 Å². The zero-order valence-corrected chi connectivity index (χ0v) is 11.2. The molecule has 0 N–H and O–H groups in total. The van der Waals surface area contributed by atoms with Crippen LogP contribution in [-0.4, -0.2) is 27.0 Å². The van der Waals surface area contributed by atoms with Gasteiger partial charge >= 0.3 is 5.97 Å². The quantitative estimate of drug-likeness (QED) is 0.411. The highest BCUT2D eigenvalue weighted by atomic mass is 28.4. The van der Waals surface area contributed by atoms with Crippen LogP contribution in [0, 0.1) is 11.8 Å². The summed E-state index contributed by atoms with van der Waals surface area (Å²) in [5.74, 6) is 5.31. The zero-order valence-electron chi connectivity index (χ0n) is 10.2. The van der Waals surface area contributed by atoms with E-state index in [0.717, 1.165) is 0 Å². The van der Waals surface area contributed by atoms with E-state index in [2.05, 4.69) is 11.8 Å². The van der Waals surface area contributed by atoms with Gasteiger partial charge in [0.1, 0.15) is 0 Å². The second-order valence-corrected chi connectivity index (χ2v) is 8.56. The van der Waals surface area contributed by atoms with Crippen LogP contribution < -0.4 is 0 Å². The van der Waals surface area contributed by atoms with Gasteiger partial charge in [0.15, 0.2) is 14.4 Å². The van der Waals surface area contributed by atoms with Gasteiger partial charge in [0.2, 0.25) is 0 Å². The molecule has 86 valence electrons. The van der Waals surface area contributed by atoms with Crippen molar-refractivity contribution in [1.82, 2.24) is 0 Å². The molecule has 0 aliphatic carbocycles. The molecule has 15 heavy (non-hydrogen) atoms. The fraction of sp³-hybridized carbons (Fsp3) is 0.727. The Bertz CT molecular complexity index is 257. The SMILES string of the molecule is CC#CC[C@@H](O[Si](C)(C)C)C(=O)OCC. The van der Waals surface area contributed by atoms with E-state index in [-0.39, 0.29) is 5.97 Å². The van der Waals surface area contributed by atoms with E-state index >= 15 is 0 Å². The standard InChI is InChI=1S/C11H20O3Si/c1-6-8-9-10(11(12)13-7-2)14-15(3,4)5/h10H,7,9H2,1-5H3/t10-/m1/s1. The predicted octanol–water partition coefficient (Wildman–Crippen LogP) is 2.18. The van der Waals surface area contributed by atoms with Crippen LogP contribution in [0.1, 0.15) is 20.3 Å². The maximum atomic E-state index is 11.5. The number of ether oxygens (including phenoxy) is 1. The average molecular weight is 228 g/mol. The number of esters is 1. The van der Waals surface area contributed by atoms with Crippen LogP contribution in [0.3, 0.4) is 0 Å². The van der Waals surface area contributed by atoms with Gasteiger partial charge in [-0.15, -0.1) is 11.8 Å². The first-order valence-electron chi connectivity index (χ1n) is 5.14. The molecule has 1 atom stereocenters. The van der Waals surface area contributed by atoms with E-state index in [1.165, 1.54) is 0 Å². The van der Waals surface area contributed by atoms with Crippen LogP contribution in [0.4, 0.5) is 0 Å². The fourth-order valence-electron chi connectivity index (χ4n) is 1.03. The summed E-state index contributed by atoms with van der Waals surface area (Å²) in [7, 11) is -1.73. The monoisotopic (exact) mass is 228 g/mol. The molecule has 0 aromatic rings. The molecule has 0 saturated heterocycles. The largest absolute Gasteiger partial charge is 0.464 e. The van der Waals surface area contributed by atoms with E-state index in [9.17, 15) is 4.79 Å². The van der Waals surface area contributed by atoms with Gasteiger partial charge in [-0.25, -0.2) is 4.79 Å². The molecule has 0 fully saturated rings. The van der Waals surface area contributed by atoms with E-state index < -0.39 is 14.4 Å². The van der Waals surface area contributed by atoms with Gasteiger partial charge in [-0.3, -0.25) is 0 Å². The van der Waals surface area contributed by atoms with Crippen molar-refractivity contribution in [2.45, 2.75) is 46.0 Å². The number of rotatable bonds is 5. The average Bonchev–Trinajstić information content (AvgIpc) is 2.10. The van der Waals surface area contributed by atoms with Gasteiger partial charge < -0.3 is 9.16 Å². The van der Waals surface area contributed by atoms with Crippen molar-refractivity contribution in [2.75, 3.05) is 6.61 Å². The van der Waals surface area contributed by atoms with Gasteiger partial charge in [-0.2, -0.15) is 0 Å². The summed E-state index contributed by atoms with van der Waals surface area (Å²) < 4.78 is 10.7. The Balaban J connectivity index is 4.41. The van der Waals surface area contributed by atoms with Crippen LogP contribution in [0.15, 0.2) is 0 Å². The molecule has 3 nitrogen and oxygen atoms in total. The summed E-state index contributed by atoms with van der Waals surface area (Å²) in [4.78, 5) is 11.5. The van der Waals surface area contributed by atoms with Crippen molar-refractivity contribution in [2.24, 2.45) is 0 Å². The lowest BCUT2D eigenvalue weighted by atomic mass is 10.2. The van der Waals surface area contributed by atoms with Gasteiger partial charge in [-0.05, 0) is 33.5 Å². The summed E-state index contributed by atoms with van der Waals surface area (Å²) in [6.07, 6.45) is -0.108. The molecule has 0 unspecified atom stereocenters. The molecule has 0 aliphatic rings. The fourth-order valence-corrected chi connectivity index (χ4v) is 2.06. The zero-order chi connectivity index (χ0) is 11.9. The molecule has 0 aromatic heterocycles. The Morgan fingerprint density at radius 1 is 1.40 bits per heavy atom. The summed E-state index contributed by atoms with van der Waals surface area (Å²) in [6, 6.07) is 0. The molecule has 0 heterocycles. The third kappa shape index (κ3) is 7.17. The van der Waals surface area contributed by atoms with E-state index in [4.69, 9.17) is 9.16 Å². The Kier molecular flexibility index (Phi) is 6.30. The smallest absolute Gasteiger partial charge is 0.335 e. The highest BCUT2D eigenvalue weighted by Gasteiger charge is 2.26. The molecular weight excluding hydrogens is 208 g/mol. The molecular formula is C11H20O3Si. The molecule has 0 spiro atoms. The first kappa shape index (κ1) is 14.2. The summed E-state index contributed by atoms with van der Waals surface area (Å²) in [5, 5.41) is 0. The molecule has 0 aliphatic heterocycles. The molecule has 0 rings (SSSR count). The maximum Gasteiger partial charge on any atom is 0.335 e. The third-order valence-corrected chi connectivity index (χ3v) is 2.50. The Morgan fingerprint density at radius 3 is 2.40 bits per heavy atom. The molecule has 0 amide bonds. The molecule has 0 aromatic carbocycles. The normalized spacial score (nSPS) is 12.6. The highest BCUT2D eigenvalue weighted by Crippen LogP contribution is 2.11. The molecule has 0 bridgehead atoms. The van der Waals surface area contributed by atoms with Gasteiger partial charge in [0, 0.05) is 6.42 Å². The molecule has 4 heteroatoms. The van der Waals surface area contributed by atoms with Crippen LogP contribution in [-0.2, 0) is 14.0 Å². The van der Waals surface area contributed by atoms with Crippen molar-refractivity contribution in [3.63, 3.8) is 0 Å². The van der Waals surface area contributed by atoms with Gasteiger partial charge in [-0.1, -0.05) is 0 Å². The molecule has 0 radical (unpaired) electrons. The Labute approximate surface area is 93.3 Å². The first-order chi connectivity index (χ1) is 6.90. The minimum atomic E-state index is -1.73. The number of hydrogen-bond acceptors (Lipinski definition) is 3. The lowest BCUT2D eigenvalue weighted by molar-refractivity contribution is -0.151. The minimum absolute atomic E-state index is 0.303. The molecule has 0 saturated carbocycles. The van der Waals surface area contributed by atoms with E-state index in [0.29, 0.717) is 13.0 Å². The number of carbonyl (C=O) groups excluding carboxylic acids is 1. The van der Waals surface area contributed by atoms with Crippen LogP contribution in [0.25, 0.3) is 0 Å². The van der Waals surface area contributed by atoms with Crippen LogP contribution in [0.2, 0.25) is 19.6 Å².